The molecule has 2 amide bonds. The fourth-order valence-electron chi connectivity index (χ4n) is 8.76. The van der Waals surface area contributed by atoms with Crippen molar-refractivity contribution in [1.29, 1.82) is 0 Å². The van der Waals surface area contributed by atoms with E-state index in [0.717, 1.165) is 55.9 Å². The van der Waals surface area contributed by atoms with E-state index < -0.39 is 27.5 Å². The van der Waals surface area contributed by atoms with E-state index in [1.54, 1.807) is 20.1 Å². The SMILES string of the molecule is CO[C@H]1/C=C/C[C@H](C)C(NC(=O)C2CC(C)(O)C2)[S-](=O)=NC(=O)c2ccc3c(c2)N(C[C@@H]2CC[C@H]21)C[C@@]1(CCCc2cc(Cl)ccc21)CO3. The van der Waals surface area contributed by atoms with Gasteiger partial charge in [-0.1, -0.05) is 36.7 Å². The van der Waals surface area contributed by atoms with E-state index in [-0.39, 0.29) is 29.3 Å². The van der Waals surface area contributed by atoms with E-state index in [9.17, 15) is 18.9 Å². The van der Waals surface area contributed by atoms with Crippen LogP contribution in [0.2, 0.25) is 5.02 Å². The number of benzene rings is 2. The summed E-state index contributed by atoms with van der Waals surface area (Å²) in [6.07, 6.45) is 10.4. The molecular weight excluding hydrogens is 662 g/mol. The molecule has 2 aliphatic heterocycles. The van der Waals surface area contributed by atoms with Crippen LogP contribution in [0.5, 0.6) is 5.75 Å². The molecule has 2 N–H and O–H groups in total. The van der Waals surface area contributed by atoms with Crippen molar-refractivity contribution in [1.82, 2.24) is 5.32 Å². The Morgan fingerprint density at radius 3 is 2.76 bits per heavy atom. The van der Waals surface area contributed by atoms with Gasteiger partial charge in [0.15, 0.2) is 0 Å². The molecule has 7 rings (SSSR count). The average Bonchev–Trinajstić information content (AvgIpc) is 3.19. The normalized spacial score (nSPS) is 35.4. The summed E-state index contributed by atoms with van der Waals surface area (Å²) in [7, 11) is -0.295. The molecule has 2 heterocycles. The zero-order chi connectivity index (χ0) is 34.5. The molecule has 1 unspecified atom stereocenters. The summed E-state index contributed by atoms with van der Waals surface area (Å²) >= 11 is 6.44. The standard InChI is InChI=1S/C38H47ClN3O6S/c1-23-6-4-8-32(47-3)29-12-9-26(29)20-42-21-38(15-5-7-24-16-28(39)11-13-30(24)38)22-48-33-14-10-25(17-31(33)42)35(44)41-49(46)36(23)40-34(43)27-18-37(2,45)19-27/h4,8,10-11,13-14,16-17,23,26-27,29,32,36,45H,5-7,9,12,15,18-22H2,1-3H3,(H,40,43)/q-1/b8-4+/t23-,26-,27?,29+,32-,36?,37?,38-/m0/s1. The summed E-state index contributed by atoms with van der Waals surface area (Å²) in [5.74, 6) is -0.110. The summed E-state index contributed by atoms with van der Waals surface area (Å²) in [4.78, 5) is 29.3. The van der Waals surface area contributed by atoms with Gasteiger partial charge < -0.3 is 33.4 Å². The highest BCUT2D eigenvalue weighted by Gasteiger charge is 2.45. The highest BCUT2D eigenvalue weighted by Crippen LogP contribution is 2.47. The Labute approximate surface area is 296 Å². The minimum absolute atomic E-state index is 0.0820. The number of ether oxygens (including phenoxy) is 2. The van der Waals surface area contributed by atoms with E-state index in [2.05, 4.69) is 32.8 Å². The van der Waals surface area contributed by atoms with Crippen LogP contribution < -0.4 is 15.0 Å². The number of nitrogens with one attached hydrogen (secondary N) is 1. The number of hydrogen-bond donors (Lipinski definition) is 2. The van der Waals surface area contributed by atoms with Crippen molar-refractivity contribution in [2.24, 2.45) is 28.0 Å². The van der Waals surface area contributed by atoms with Gasteiger partial charge in [-0.05, 0) is 123 Å². The summed E-state index contributed by atoms with van der Waals surface area (Å²) in [5, 5.41) is 13.0. The molecule has 264 valence electrons. The van der Waals surface area contributed by atoms with Gasteiger partial charge in [0.1, 0.15) is 5.75 Å². The maximum Gasteiger partial charge on any atom is 0.254 e. The number of fused-ring (bicyclic) bond motifs is 4. The molecule has 2 bridgehead atoms. The van der Waals surface area contributed by atoms with Crippen molar-refractivity contribution in [3.05, 3.63) is 70.3 Å². The lowest BCUT2D eigenvalue weighted by Crippen LogP contribution is -2.51. The Morgan fingerprint density at radius 1 is 1.20 bits per heavy atom. The lowest BCUT2D eigenvalue weighted by Gasteiger charge is -2.46. The van der Waals surface area contributed by atoms with E-state index in [4.69, 9.17) is 21.1 Å². The van der Waals surface area contributed by atoms with Crippen LogP contribution in [0, 0.1) is 23.7 Å². The van der Waals surface area contributed by atoms with Gasteiger partial charge in [0, 0.05) is 42.1 Å². The van der Waals surface area contributed by atoms with Crippen molar-refractivity contribution >= 4 is 39.7 Å². The van der Waals surface area contributed by atoms with Gasteiger partial charge in [0.25, 0.3) is 5.91 Å². The smallest absolute Gasteiger partial charge is 0.254 e. The van der Waals surface area contributed by atoms with Gasteiger partial charge >= 0.3 is 0 Å². The second-order valence-electron chi connectivity index (χ2n) is 15.3. The molecule has 0 saturated heterocycles. The summed E-state index contributed by atoms with van der Waals surface area (Å²) in [6.45, 7) is 5.65. The van der Waals surface area contributed by atoms with E-state index in [1.165, 1.54) is 11.1 Å². The van der Waals surface area contributed by atoms with Crippen LogP contribution in [-0.4, -0.2) is 60.8 Å². The minimum Gasteiger partial charge on any atom is -0.490 e. The minimum atomic E-state index is -2.05. The van der Waals surface area contributed by atoms with Crippen molar-refractivity contribution in [3.63, 3.8) is 0 Å². The zero-order valence-electron chi connectivity index (χ0n) is 28.5. The van der Waals surface area contributed by atoms with Crippen LogP contribution in [-0.2, 0) is 36.2 Å². The quantitative estimate of drug-likeness (QED) is 0.282. The highest BCUT2D eigenvalue weighted by molar-refractivity contribution is 7.75. The lowest BCUT2D eigenvalue weighted by atomic mass is 9.68. The molecule has 2 fully saturated rings. The van der Waals surface area contributed by atoms with Gasteiger partial charge in [-0.25, -0.2) is 0 Å². The number of anilines is 1. The Morgan fingerprint density at radius 2 is 2.02 bits per heavy atom. The molecule has 2 aromatic carbocycles. The van der Waals surface area contributed by atoms with Crippen LogP contribution in [0.1, 0.15) is 80.3 Å². The number of carbonyl (C=O) groups excluding carboxylic acids is 2. The van der Waals surface area contributed by atoms with E-state index >= 15 is 0 Å². The van der Waals surface area contributed by atoms with Crippen LogP contribution in [0.25, 0.3) is 0 Å². The number of rotatable bonds is 3. The molecule has 0 aromatic heterocycles. The molecule has 2 saturated carbocycles. The summed E-state index contributed by atoms with van der Waals surface area (Å²) < 4.78 is 30.6. The van der Waals surface area contributed by atoms with Gasteiger partial charge in [-0.15, -0.1) is 0 Å². The molecule has 9 nitrogen and oxygen atoms in total. The Kier molecular flexibility index (Phi) is 9.62. The van der Waals surface area contributed by atoms with Crippen molar-refractivity contribution in [2.45, 2.75) is 87.7 Å². The Balaban J connectivity index is 1.26. The fraction of sp³-hybridized carbons (Fsp3) is 0.579. The molecule has 6 atom stereocenters. The Hall–Kier alpha value is -2.92. The van der Waals surface area contributed by atoms with Crippen molar-refractivity contribution in [2.75, 3.05) is 31.7 Å². The van der Waals surface area contributed by atoms with Gasteiger partial charge in [-0.3, -0.25) is 9.59 Å². The number of carbonyl (C=O) groups is 2. The predicted molar refractivity (Wildman–Crippen MR) is 190 cm³/mol. The van der Waals surface area contributed by atoms with E-state index in [1.807, 2.05) is 31.2 Å². The maximum atomic E-state index is 13.8. The first kappa shape index (κ1) is 34.5. The molecule has 49 heavy (non-hydrogen) atoms. The number of methoxy groups -OCH3 is 1. The third-order valence-corrected chi connectivity index (χ3v) is 13.3. The monoisotopic (exact) mass is 708 g/mol. The Bertz CT molecular complexity index is 1730. The van der Waals surface area contributed by atoms with E-state index in [0.29, 0.717) is 49.0 Å². The summed E-state index contributed by atoms with van der Waals surface area (Å²) in [5.41, 5.74) is 2.59. The number of aryl methyl sites for hydroxylation is 1. The molecule has 2 aromatic rings. The van der Waals surface area contributed by atoms with Crippen molar-refractivity contribution < 1.29 is 28.4 Å². The van der Waals surface area contributed by atoms with Gasteiger partial charge in [0.05, 0.1) is 24.0 Å². The number of aliphatic hydroxyl groups is 1. The first-order valence-electron chi connectivity index (χ1n) is 17.6. The largest absolute Gasteiger partial charge is 0.490 e. The molecule has 3 aliphatic carbocycles. The average molecular weight is 709 g/mol. The van der Waals surface area contributed by atoms with Crippen LogP contribution in [0.4, 0.5) is 5.69 Å². The third kappa shape index (κ3) is 6.90. The van der Waals surface area contributed by atoms with Crippen LogP contribution >= 0.6 is 11.6 Å². The number of allylic oxidation sites excluding steroid dienone is 1. The zero-order valence-corrected chi connectivity index (χ0v) is 30.1. The number of hydrogen-bond acceptors (Lipinski definition) is 8. The summed E-state index contributed by atoms with van der Waals surface area (Å²) in [6, 6.07) is 11.6. The second kappa shape index (κ2) is 13.7. The van der Waals surface area contributed by atoms with Crippen LogP contribution in [0.3, 0.4) is 0 Å². The topological polar surface area (TPSA) is 118 Å². The molecular formula is C38H47ClN3O6S-. The molecule has 5 aliphatic rings. The predicted octanol–water partition coefficient (Wildman–Crippen LogP) is 6.34. The first-order chi connectivity index (χ1) is 23.4. The number of halogens is 1. The number of amides is 2. The number of nitrogens with zero attached hydrogens (tertiary/aromatic N) is 2. The first-order valence-corrected chi connectivity index (χ1v) is 19.2. The highest BCUT2D eigenvalue weighted by atomic mass is 35.5. The molecule has 11 heteroatoms. The molecule has 1 spiro atoms. The van der Waals surface area contributed by atoms with Gasteiger partial charge in [0.2, 0.25) is 5.91 Å². The van der Waals surface area contributed by atoms with Crippen molar-refractivity contribution in [3.8, 4) is 5.75 Å². The van der Waals surface area contributed by atoms with Crippen LogP contribution in [0.15, 0.2) is 52.9 Å². The lowest BCUT2D eigenvalue weighted by molar-refractivity contribution is -0.139. The maximum absolute atomic E-state index is 13.8. The third-order valence-electron chi connectivity index (χ3n) is 11.7. The molecule has 0 radical (unpaired) electrons. The second-order valence-corrected chi connectivity index (χ2v) is 17.0. The fourth-order valence-corrected chi connectivity index (χ4v) is 10.1. The van der Waals surface area contributed by atoms with Gasteiger partial charge in [-0.2, -0.15) is 10.6 Å².